The van der Waals surface area contributed by atoms with Crippen molar-refractivity contribution in [2.75, 3.05) is 0 Å². The van der Waals surface area contributed by atoms with Gasteiger partial charge in [-0.15, -0.1) is 0 Å². The molecule has 0 aliphatic carbocycles. The summed E-state index contributed by atoms with van der Waals surface area (Å²) < 4.78 is 0. The molecule has 0 amide bonds. The fraction of sp³-hybridized carbons (Fsp3) is 0.812. The molecule has 1 radical (unpaired) electrons. The average Bonchev–Trinajstić information content (AvgIpc) is 2.80. The van der Waals surface area contributed by atoms with Crippen LogP contribution in [0.3, 0.4) is 0 Å². The first kappa shape index (κ1) is 30.2. The molecule has 1 nitrogen and oxygen atoms in total. The Morgan fingerprint density at radius 1 is 0.455 bits per heavy atom. The molecule has 0 atom stereocenters. The summed E-state index contributed by atoms with van der Waals surface area (Å²) in [5.74, 6) is 0. The molecule has 0 bridgehead atoms. The van der Waals surface area contributed by atoms with E-state index in [2.05, 4.69) is 32.9 Å². The van der Waals surface area contributed by atoms with E-state index in [-0.39, 0.29) is 0 Å². The summed E-state index contributed by atoms with van der Waals surface area (Å²) in [6, 6.07) is 4.42. The smallest absolute Gasteiger partial charge is 0.0409 e. The number of hydrogen-bond acceptors (Lipinski definition) is 1. The van der Waals surface area contributed by atoms with Crippen molar-refractivity contribution in [3.8, 4) is 0 Å². The van der Waals surface area contributed by atoms with Crippen LogP contribution in [0.4, 0.5) is 0 Å². The number of nitrogens with zero attached hydrogens (tertiary/aromatic N) is 1. The van der Waals surface area contributed by atoms with Gasteiger partial charge in [0.15, 0.2) is 0 Å². The van der Waals surface area contributed by atoms with Crippen molar-refractivity contribution >= 4 is 0 Å². The lowest BCUT2D eigenvalue weighted by Crippen LogP contribution is -1.98. The van der Waals surface area contributed by atoms with Crippen molar-refractivity contribution in [2.24, 2.45) is 0 Å². The zero-order chi connectivity index (χ0) is 23.8. The predicted molar refractivity (Wildman–Crippen MR) is 149 cm³/mol. The maximum absolute atomic E-state index is 4.96. The molecule has 33 heavy (non-hydrogen) atoms. The van der Waals surface area contributed by atoms with E-state index in [9.17, 15) is 0 Å². The highest BCUT2D eigenvalue weighted by Crippen LogP contribution is 2.16. The van der Waals surface area contributed by atoms with Crippen molar-refractivity contribution in [3.05, 3.63) is 36.0 Å². The molecule has 1 aromatic rings. The normalized spacial score (nSPS) is 11.4. The van der Waals surface area contributed by atoms with Crippen LogP contribution in [-0.2, 0) is 12.8 Å². The molecule has 1 aromatic heterocycles. The molecule has 0 spiro atoms. The van der Waals surface area contributed by atoms with Crippen LogP contribution in [0.25, 0.3) is 0 Å². The van der Waals surface area contributed by atoms with Crippen LogP contribution in [0.5, 0.6) is 0 Å². The molecule has 191 valence electrons. The zero-order valence-electron chi connectivity index (χ0n) is 22.8. The molecule has 0 aliphatic rings. The third-order valence-electron chi connectivity index (χ3n) is 7.06. The molecule has 1 rings (SSSR count). The molecule has 0 saturated heterocycles. The molecule has 0 fully saturated rings. The Balaban J connectivity index is 2.02. The molecule has 1 heterocycles. The van der Waals surface area contributed by atoms with Gasteiger partial charge in [-0.2, -0.15) is 0 Å². The van der Waals surface area contributed by atoms with Gasteiger partial charge < -0.3 is 0 Å². The van der Waals surface area contributed by atoms with Crippen LogP contribution in [0.1, 0.15) is 172 Å². The molecular formula is C32H58N. The Morgan fingerprint density at radius 2 is 0.727 bits per heavy atom. The summed E-state index contributed by atoms with van der Waals surface area (Å²) in [6.07, 6.45) is 33.1. The summed E-state index contributed by atoms with van der Waals surface area (Å²) in [5.41, 5.74) is 3.70. The Kier molecular flexibility index (Phi) is 21.0. The SMILES string of the molecule is [CH2]c1cc(CCCCCCCCCCCCC)nc(CCCCCCCCCCCCC)c1. The van der Waals surface area contributed by atoms with Gasteiger partial charge in [0.25, 0.3) is 0 Å². The fourth-order valence-corrected chi connectivity index (χ4v) is 4.92. The van der Waals surface area contributed by atoms with E-state index in [1.54, 1.807) is 0 Å². The van der Waals surface area contributed by atoms with Gasteiger partial charge in [-0.1, -0.05) is 142 Å². The number of unbranched alkanes of at least 4 members (excludes halogenated alkanes) is 20. The lowest BCUT2D eigenvalue weighted by atomic mass is 10.0. The topological polar surface area (TPSA) is 12.9 Å². The number of aryl methyl sites for hydroxylation is 2. The number of pyridine rings is 1. The standard InChI is InChI=1S/C32H58N/c1-4-6-8-10-12-14-16-18-20-22-24-26-31-28-30(3)29-32(33-31)27-25-23-21-19-17-15-13-11-9-7-5-2/h28-29H,3-27H2,1-2H3. The van der Waals surface area contributed by atoms with E-state index in [0.29, 0.717) is 0 Å². The van der Waals surface area contributed by atoms with Gasteiger partial charge >= 0.3 is 0 Å². The van der Waals surface area contributed by atoms with E-state index in [1.165, 1.54) is 153 Å². The highest BCUT2D eigenvalue weighted by Gasteiger charge is 2.02. The van der Waals surface area contributed by atoms with Crippen molar-refractivity contribution in [3.63, 3.8) is 0 Å². The molecular weight excluding hydrogens is 398 g/mol. The minimum Gasteiger partial charge on any atom is -0.258 e. The molecule has 0 saturated carbocycles. The Labute approximate surface area is 209 Å². The van der Waals surface area contributed by atoms with E-state index >= 15 is 0 Å². The van der Waals surface area contributed by atoms with E-state index in [1.807, 2.05) is 0 Å². The lowest BCUT2D eigenvalue weighted by Gasteiger charge is -2.08. The summed E-state index contributed by atoms with van der Waals surface area (Å²) in [4.78, 5) is 4.96. The van der Waals surface area contributed by atoms with Crippen LogP contribution in [-0.4, -0.2) is 4.98 Å². The molecule has 0 aliphatic heterocycles. The van der Waals surface area contributed by atoms with E-state index in [0.717, 1.165) is 18.4 Å². The van der Waals surface area contributed by atoms with Crippen molar-refractivity contribution < 1.29 is 0 Å². The quantitative estimate of drug-likeness (QED) is 0.141. The van der Waals surface area contributed by atoms with Crippen LogP contribution in [0, 0.1) is 6.92 Å². The van der Waals surface area contributed by atoms with Gasteiger partial charge in [0, 0.05) is 11.4 Å². The van der Waals surface area contributed by atoms with E-state index < -0.39 is 0 Å². The number of aromatic nitrogens is 1. The van der Waals surface area contributed by atoms with Crippen LogP contribution >= 0.6 is 0 Å². The van der Waals surface area contributed by atoms with Crippen molar-refractivity contribution in [1.82, 2.24) is 4.98 Å². The minimum atomic E-state index is 1.13. The number of rotatable bonds is 24. The summed E-state index contributed by atoms with van der Waals surface area (Å²) in [6.45, 7) is 8.80. The lowest BCUT2D eigenvalue weighted by molar-refractivity contribution is 0.547. The summed E-state index contributed by atoms with van der Waals surface area (Å²) in [5, 5.41) is 0. The third kappa shape index (κ3) is 19.2. The van der Waals surface area contributed by atoms with E-state index in [4.69, 9.17) is 4.98 Å². The zero-order valence-corrected chi connectivity index (χ0v) is 22.8. The molecule has 0 unspecified atom stereocenters. The number of hydrogen-bond donors (Lipinski definition) is 0. The first-order valence-corrected chi connectivity index (χ1v) is 15.1. The second-order valence-corrected chi connectivity index (χ2v) is 10.5. The predicted octanol–water partition coefficient (Wildman–Crippen LogP) is 11.0. The second-order valence-electron chi connectivity index (χ2n) is 10.5. The highest BCUT2D eigenvalue weighted by molar-refractivity contribution is 5.24. The van der Waals surface area contributed by atoms with Crippen LogP contribution in [0.2, 0.25) is 0 Å². The van der Waals surface area contributed by atoms with Gasteiger partial charge in [-0.25, -0.2) is 0 Å². The molecule has 0 N–H and O–H groups in total. The van der Waals surface area contributed by atoms with Crippen molar-refractivity contribution in [1.29, 1.82) is 0 Å². The van der Waals surface area contributed by atoms with Gasteiger partial charge in [0.1, 0.15) is 0 Å². The monoisotopic (exact) mass is 456 g/mol. The summed E-state index contributed by atoms with van der Waals surface area (Å²) in [7, 11) is 0. The molecule has 1 heteroatoms. The Morgan fingerprint density at radius 3 is 1.03 bits per heavy atom. The maximum atomic E-state index is 4.96. The Bertz CT molecular complexity index is 491. The van der Waals surface area contributed by atoms with Gasteiger partial charge in [-0.05, 0) is 50.3 Å². The fourth-order valence-electron chi connectivity index (χ4n) is 4.92. The minimum absolute atomic E-state index is 1.13. The van der Waals surface area contributed by atoms with Crippen molar-refractivity contribution in [2.45, 2.75) is 168 Å². The third-order valence-corrected chi connectivity index (χ3v) is 7.06. The maximum Gasteiger partial charge on any atom is 0.0409 e. The van der Waals surface area contributed by atoms with Crippen LogP contribution in [0.15, 0.2) is 12.1 Å². The highest BCUT2D eigenvalue weighted by atomic mass is 14.7. The first-order valence-electron chi connectivity index (χ1n) is 15.1. The summed E-state index contributed by atoms with van der Waals surface area (Å²) >= 11 is 0. The first-order chi connectivity index (χ1) is 16.3. The largest absolute Gasteiger partial charge is 0.258 e. The van der Waals surface area contributed by atoms with Crippen LogP contribution < -0.4 is 0 Å². The average molecular weight is 457 g/mol. The second kappa shape index (κ2) is 22.9. The Hall–Kier alpha value is -0.850. The van der Waals surface area contributed by atoms with Gasteiger partial charge in [-0.3, -0.25) is 4.98 Å². The van der Waals surface area contributed by atoms with Gasteiger partial charge in [0.2, 0.25) is 0 Å². The molecule has 0 aromatic carbocycles. The van der Waals surface area contributed by atoms with Gasteiger partial charge in [0.05, 0.1) is 0 Å².